The molecule has 1 aliphatic carbocycles. The molecule has 1 heterocycles. The third-order valence-corrected chi connectivity index (χ3v) is 2.94. The molecule has 0 radical (unpaired) electrons. The van der Waals surface area contributed by atoms with E-state index in [0.717, 1.165) is 38.1 Å². The lowest BCUT2D eigenvalue weighted by Crippen LogP contribution is -2.27. The minimum Gasteiger partial charge on any atom is -0.299 e. The highest BCUT2D eigenvalue weighted by molar-refractivity contribution is 6.03. The summed E-state index contributed by atoms with van der Waals surface area (Å²) < 4.78 is 0. The van der Waals surface area contributed by atoms with Crippen LogP contribution in [0.15, 0.2) is 5.10 Å². The molecule has 0 atom stereocenters. The minimum absolute atomic E-state index is 0.368. The van der Waals surface area contributed by atoms with Gasteiger partial charge in [-0.15, -0.1) is 0 Å². The van der Waals surface area contributed by atoms with E-state index in [1.54, 1.807) is 0 Å². The average molecular weight is 194 g/mol. The summed E-state index contributed by atoms with van der Waals surface area (Å²) in [5, 5.41) is 6.72. The van der Waals surface area contributed by atoms with Gasteiger partial charge in [-0.2, -0.15) is 5.10 Å². The molecule has 1 aliphatic heterocycles. The van der Waals surface area contributed by atoms with Crippen molar-refractivity contribution in [2.75, 3.05) is 13.1 Å². The van der Waals surface area contributed by atoms with E-state index >= 15 is 0 Å². The molecule has 0 spiro atoms. The topological polar surface area (TPSA) is 32.7 Å². The number of nitrogens with zero attached hydrogens (tertiary/aromatic N) is 2. The fourth-order valence-corrected chi connectivity index (χ4v) is 2.16. The molecule has 0 aromatic heterocycles. The highest BCUT2D eigenvalue weighted by Crippen LogP contribution is 2.15. The zero-order chi connectivity index (χ0) is 9.80. The SMILES string of the molecule is O=C1CCCC(=NN2CCCCC2)C1. The van der Waals surface area contributed by atoms with Crippen LogP contribution in [0.1, 0.15) is 44.9 Å². The van der Waals surface area contributed by atoms with E-state index in [2.05, 4.69) is 10.1 Å². The van der Waals surface area contributed by atoms with Crippen molar-refractivity contribution in [1.29, 1.82) is 0 Å². The first kappa shape index (κ1) is 9.69. The lowest BCUT2D eigenvalue weighted by molar-refractivity contribution is -0.118. The van der Waals surface area contributed by atoms with Crippen molar-refractivity contribution >= 4 is 11.5 Å². The van der Waals surface area contributed by atoms with E-state index in [1.165, 1.54) is 19.3 Å². The molecule has 0 N–H and O–H groups in total. The maximum atomic E-state index is 11.2. The molecular weight excluding hydrogens is 176 g/mol. The molecule has 2 fully saturated rings. The number of rotatable bonds is 1. The van der Waals surface area contributed by atoms with E-state index in [4.69, 9.17) is 0 Å². The van der Waals surface area contributed by atoms with Crippen LogP contribution < -0.4 is 0 Å². The molecule has 1 saturated carbocycles. The molecule has 0 bridgehead atoms. The van der Waals surface area contributed by atoms with E-state index in [0.29, 0.717) is 12.2 Å². The average Bonchev–Trinajstić information content (AvgIpc) is 2.19. The molecule has 78 valence electrons. The lowest BCUT2D eigenvalue weighted by atomic mass is 9.97. The van der Waals surface area contributed by atoms with Crippen LogP contribution in [0.4, 0.5) is 0 Å². The first-order chi connectivity index (χ1) is 6.84. The molecule has 0 aromatic rings. The van der Waals surface area contributed by atoms with Crippen molar-refractivity contribution in [3.8, 4) is 0 Å². The number of hydrogen-bond acceptors (Lipinski definition) is 3. The fourth-order valence-electron chi connectivity index (χ4n) is 2.16. The number of hydrazone groups is 1. The van der Waals surface area contributed by atoms with Crippen LogP contribution in [0.2, 0.25) is 0 Å². The summed E-state index contributed by atoms with van der Waals surface area (Å²) in [5.41, 5.74) is 1.11. The Hall–Kier alpha value is -0.860. The lowest BCUT2D eigenvalue weighted by Gasteiger charge is -2.25. The minimum atomic E-state index is 0.368. The summed E-state index contributed by atoms with van der Waals surface area (Å²) in [5.74, 6) is 0.368. The van der Waals surface area contributed by atoms with Gasteiger partial charge in [-0.05, 0) is 32.1 Å². The van der Waals surface area contributed by atoms with E-state index < -0.39 is 0 Å². The molecule has 3 nitrogen and oxygen atoms in total. The Morgan fingerprint density at radius 2 is 1.79 bits per heavy atom. The molecule has 2 rings (SSSR count). The molecule has 0 aromatic carbocycles. The second-order valence-electron chi connectivity index (χ2n) is 4.25. The molecule has 2 aliphatic rings. The number of Topliss-reactive ketones (excluding diaryl/α,β-unsaturated/α-hetero) is 1. The smallest absolute Gasteiger partial charge is 0.138 e. The van der Waals surface area contributed by atoms with Gasteiger partial charge in [-0.1, -0.05) is 0 Å². The van der Waals surface area contributed by atoms with E-state index in [-0.39, 0.29) is 0 Å². The van der Waals surface area contributed by atoms with Crippen LogP contribution in [0.25, 0.3) is 0 Å². The maximum Gasteiger partial charge on any atom is 0.138 e. The summed E-state index contributed by atoms with van der Waals surface area (Å²) in [6.45, 7) is 2.16. The van der Waals surface area contributed by atoms with E-state index in [1.807, 2.05) is 0 Å². The highest BCUT2D eigenvalue weighted by atomic mass is 16.1. The highest BCUT2D eigenvalue weighted by Gasteiger charge is 2.16. The van der Waals surface area contributed by atoms with Crippen LogP contribution in [0.5, 0.6) is 0 Å². The van der Waals surface area contributed by atoms with Gasteiger partial charge in [0.25, 0.3) is 0 Å². The van der Waals surface area contributed by atoms with Crippen molar-refractivity contribution in [2.24, 2.45) is 5.10 Å². The Labute approximate surface area is 85.2 Å². The Kier molecular flexibility index (Phi) is 3.17. The number of carbonyl (C=O) groups excluding carboxylic acids is 1. The van der Waals surface area contributed by atoms with Crippen LogP contribution in [-0.2, 0) is 4.79 Å². The molecule has 14 heavy (non-hydrogen) atoms. The normalized spacial score (nSPS) is 27.0. The first-order valence-corrected chi connectivity index (χ1v) is 5.67. The number of piperidine rings is 1. The van der Waals surface area contributed by atoms with Crippen molar-refractivity contribution in [3.63, 3.8) is 0 Å². The molecule has 0 amide bonds. The Bertz CT molecular complexity index is 242. The predicted octanol–water partition coefficient (Wildman–Crippen LogP) is 1.97. The van der Waals surface area contributed by atoms with Crippen LogP contribution in [-0.4, -0.2) is 29.6 Å². The van der Waals surface area contributed by atoms with Gasteiger partial charge >= 0.3 is 0 Å². The largest absolute Gasteiger partial charge is 0.299 e. The summed E-state index contributed by atoms with van der Waals surface area (Å²) in [4.78, 5) is 11.2. The monoisotopic (exact) mass is 194 g/mol. The molecule has 1 saturated heterocycles. The number of carbonyl (C=O) groups is 1. The van der Waals surface area contributed by atoms with Gasteiger partial charge in [-0.25, -0.2) is 0 Å². The predicted molar refractivity (Wildman–Crippen MR) is 56.3 cm³/mol. The summed E-state index contributed by atoms with van der Waals surface area (Å²) >= 11 is 0. The second-order valence-corrected chi connectivity index (χ2v) is 4.25. The second kappa shape index (κ2) is 4.58. The van der Waals surface area contributed by atoms with Gasteiger partial charge in [-0.3, -0.25) is 9.80 Å². The van der Waals surface area contributed by atoms with Gasteiger partial charge in [0.2, 0.25) is 0 Å². The summed E-state index contributed by atoms with van der Waals surface area (Å²) in [6.07, 6.45) is 7.25. The van der Waals surface area contributed by atoms with Crippen molar-refractivity contribution < 1.29 is 4.79 Å². The quantitative estimate of drug-likeness (QED) is 0.639. The fraction of sp³-hybridized carbons (Fsp3) is 0.818. The Morgan fingerprint density at radius 1 is 1.00 bits per heavy atom. The van der Waals surface area contributed by atoms with Gasteiger partial charge < -0.3 is 0 Å². The zero-order valence-corrected chi connectivity index (χ0v) is 8.67. The third kappa shape index (κ3) is 2.56. The van der Waals surface area contributed by atoms with Crippen LogP contribution in [0, 0.1) is 0 Å². The van der Waals surface area contributed by atoms with Crippen molar-refractivity contribution in [1.82, 2.24) is 5.01 Å². The number of ketones is 1. The molecular formula is C11H18N2O. The Balaban J connectivity index is 1.91. The van der Waals surface area contributed by atoms with Crippen molar-refractivity contribution in [3.05, 3.63) is 0 Å². The van der Waals surface area contributed by atoms with Gasteiger partial charge in [0.15, 0.2) is 0 Å². The first-order valence-electron chi connectivity index (χ1n) is 5.67. The molecule has 3 heteroatoms. The van der Waals surface area contributed by atoms with Gasteiger partial charge in [0, 0.05) is 31.6 Å². The zero-order valence-electron chi connectivity index (χ0n) is 8.67. The van der Waals surface area contributed by atoms with Gasteiger partial charge in [0.05, 0.1) is 0 Å². The van der Waals surface area contributed by atoms with Crippen LogP contribution in [0.3, 0.4) is 0 Å². The van der Waals surface area contributed by atoms with Crippen molar-refractivity contribution in [2.45, 2.75) is 44.9 Å². The molecule has 0 unspecified atom stereocenters. The van der Waals surface area contributed by atoms with Crippen LogP contribution >= 0.6 is 0 Å². The van der Waals surface area contributed by atoms with E-state index in [9.17, 15) is 4.79 Å². The number of hydrogen-bond donors (Lipinski definition) is 0. The maximum absolute atomic E-state index is 11.2. The Morgan fingerprint density at radius 3 is 2.50 bits per heavy atom. The van der Waals surface area contributed by atoms with Gasteiger partial charge in [0.1, 0.15) is 5.78 Å². The third-order valence-electron chi connectivity index (χ3n) is 2.94. The standard InChI is InChI=1S/C11H18N2O/c14-11-6-4-5-10(9-11)12-13-7-2-1-3-8-13/h1-9H2. The summed E-state index contributed by atoms with van der Waals surface area (Å²) in [6, 6.07) is 0. The summed E-state index contributed by atoms with van der Waals surface area (Å²) in [7, 11) is 0.